The van der Waals surface area contributed by atoms with E-state index >= 15 is 0 Å². The molecule has 1 unspecified atom stereocenters. The molecule has 15 heavy (non-hydrogen) atoms. The van der Waals surface area contributed by atoms with Gasteiger partial charge in [0.25, 0.3) is 0 Å². The van der Waals surface area contributed by atoms with Gasteiger partial charge < -0.3 is 4.84 Å². The van der Waals surface area contributed by atoms with Gasteiger partial charge in [-0.2, -0.15) is 11.8 Å². The summed E-state index contributed by atoms with van der Waals surface area (Å²) in [5.74, 6) is 5.53. The van der Waals surface area contributed by atoms with E-state index in [4.69, 9.17) is 19.5 Å². The van der Waals surface area contributed by atoms with Crippen molar-refractivity contribution in [2.75, 3.05) is 38.4 Å². The summed E-state index contributed by atoms with van der Waals surface area (Å²) in [4.78, 5) is 4.28. The molecule has 6 nitrogen and oxygen atoms in total. The van der Waals surface area contributed by atoms with Gasteiger partial charge in [0.1, 0.15) is 0 Å². The van der Waals surface area contributed by atoms with Gasteiger partial charge in [-0.1, -0.05) is 0 Å². The maximum atomic E-state index is 11.8. The van der Waals surface area contributed by atoms with E-state index in [0.29, 0.717) is 6.61 Å². The Morgan fingerprint density at radius 1 is 1.20 bits per heavy atom. The van der Waals surface area contributed by atoms with E-state index in [1.807, 2.05) is 6.26 Å². The Hall–Kier alpha value is 0.380. The molecule has 0 radical (unpaired) electrons. The Morgan fingerprint density at radius 3 is 2.40 bits per heavy atom. The zero-order chi connectivity index (χ0) is 11.6. The SMILES string of the molecule is CCOP(=O)(OCCON)OCCSC. The van der Waals surface area contributed by atoms with Gasteiger partial charge >= 0.3 is 7.82 Å². The van der Waals surface area contributed by atoms with Crippen LogP contribution in [0.4, 0.5) is 0 Å². The molecule has 0 aromatic heterocycles. The fourth-order valence-electron chi connectivity index (χ4n) is 0.700. The van der Waals surface area contributed by atoms with Gasteiger partial charge in [0.2, 0.25) is 0 Å². The molecule has 0 spiro atoms. The van der Waals surface area contributed by atoms with Crippen molar-refractivity contribution < 1.29 is 23.0 Å². The van der Waals surface area contributed by atoms with Gasteiger partial charge in [-0.05, 0) is 13.2 Å². The molecule has 0 rings (SSSR count). The van der Waals surface area contributed by atoms with E-state index in [9.17, 15) is 4.57 Å². The first-order valence-corrected chi connectivity index (χ1v) is 7.38. The molecule has 0 aromatic rings. The fraction of sp³-hybridized carbons (Fsp3) is 1.00. The molecule has 0 saturated heterocycles. The van der Waals surface area contributed by atoms with Crippen LogP contribution in [0.3, 0.4) is 0 Å². The molecular weight excluding hydrogens is 241 g/mol. The molecule has 92 valence electrons. The van der Waals surface area contributed by atoms with Gasteiger partial charge in [-0.15, -0.1) is 0 Å². The van der Waals surface area contributed by atoms with Crippen LogP contribution in [0.15, 0.2) is 0 Å². The summed E-state index contributed by atoms with van der Waals surface area (Å²) in [6, 6.07) is 0. The molecule has 0 aliphatic heterocycles. The smallest absolute Gasteiger partial charge is 0.302 e. The molecule has 0 fully saturated rings. The van der Waals surface area contributed by atoms with Crippen LogP contribution < -0.4 is 5.90 Å². The highest BCUT2D eigenvalue weighted by molar-refractivity contribution is 7.98. The van der Waals surface area contributed by atoms with Crippen LogP contribution in [0, 0.1) is 0 Å². The first kappa shape index (κ1) is 15.4. The quantitative estimate of drug-likeness (QED) is 0.361. The normalized spacial score (nSPS) is 15.1. The average molecular weight is 259 g/mol. The van der Waals surface area contributed by atoms with Crippen molar-refractivity contribution in [1.29, 1.82) is 0 Å². The predicted molar refractivity (Wildman–Crippen MR) is 59.7 cm³/mol. The number of thioether (sulfide) groups is 1. The second-order valence-corrected chi connectivity index (χ2v) is 5.05. The molecule has 0 bridgehead atoms. The number of nitrogens with two attached hydrogens (primary N) is 1. The maximum absolute atomic E-state index is 11.8. The first-order chi connectivity index (χ1) is 7.18. The molecule has 0 aliphatic carbocycles. The summed E-state index contributed by atoms with van der Waals surface area (Å²) in [5.41, 5.74) is 0. The zero-order valence-electron chi connectivity index (χ0n) is 9.01. The lowest BCUT2D eigenvalue weighted by Gasteiger charge is -2.16. The maximum Gasteiger partial charge on any atom is 0.474 e. The predicted octanol–water partition coefficient (Wildman–Crippen LogP) is 1.42. The van der Waals surface area contributed by atoms with Crippen LogP contribution >= 0.6 is 19.6 Å². The number of hydrogen-bond acceptors (Lipinski definition) is 7. The van der Waals surface area contributed by atoms with Gasteiger partial charge in [-0.3, -0.25) is 13.6 Å². The van der Waals surface area contributed by atoms with Crippen LogP contribution in [0.25, 0.3) is 0 Å². The molecule has 1 atom stereocenters. The van der Waals surface area contributed by atoms with E-state index in [1.165, 1.54) is 0 Å². The van der Waals surface area contributed by atoms with E-state index < -0.39 is 7.82 Å². The second kappa shape index (κ2) is 9.59. The fourth-order valence-corrected chi connectivity index (χ4v) is 2.23. The Labute approximate surface area is 94.3 Å². The molecule has 0 amide bonds. The van der Waals surface area contributed by atoms with Crippen LogP contribution in [0.1, 0.15) is 6.92 Å². The second-order valence-electron chi connectivity index (χ2n) is 2.40. The van der Waals surface area contributed by atoms with E-state index in [-0.39, 0.29) is 19.8 Å². The zero-order valence-corrected chi connectivity index (χ0v) is 10.7. The van der Waals surface area contributed by atoms with Crippen LogP contribution in [-0.2, 0) is 23.0 Å². The van der Waals surface area contributed by atoms with E-state index in [0.717, 1.165) is 5.75 Å². The van der Waals surface area contributed by atoms with E-state index in [2.05, 4.69) is 4.84 Å². The summed E-state index contributed by atoms with van der Waals surface area (Å²) >= 11 is 1.59. The molecule has 8 heteroatoms. The molecule has 0 heterocycles. The molecule has 0 aromatic carbocycles. The molecule has 2 N–H and O–H groups in total. The van der Waals surface area contributed by atoms with Crippen molar-refractivity contribution in [3.63, 3.8) is 0 Å². The molecule has 0 saturated carbocycles. The van der Waals surface area contributed by atoms with Crippen LogP contribution in [-0.4, -0.2) is 38.4 Å². The van der Waals surface area contributed by atoms with Gasteiger partial charge in [0.15, 0.2) is 0 Å². The number of hydrogen-bond donors (Lipinski definition) is 1. The van der Waals surface area contributed by atoms with Crippen molar-refractivity contribution in [3.05, 3.63) is 0 Å². The third-order valence-corrected chi connectivity index (χ3v) is 3.42. The highest BCUT2D eigenvalue weighted by atomic mass is 32.2. The lowest BCUT2D eigenvalue weighted by Crippen LogP contribution is -2.10. The summed E-state index contributed by atoms with van der Waals surface area (Å²) in [6.07, 6.45) is 1.93. The van der Waals surface area contributed by atoms with Crippen LogP contribution in [0.2, 0.25) is 0 Å². The Balaban J connectivity index is 3.89. The number of phosphoric ester groups is 1. The minimum Gasteiger partial charge on any atom is -0.302 e. The topological polar surface area (TPSA) is 80.0 Å². The minimum atomic E-state index is -3.43. The van der Waals surface area contributed by atoms with Gasteiger partial charge in [0.05, 0.1) is 26.4 Å². The minimum absolute atomic E-state index is 0.0764. The summed E-state index contributed by atoms with van der Waals surface area (Å²) in [5, 5.41) is 0. The third kappa shape index (κ3) is 8.21. The highest BCUT2D eigenvalue weighted by Crippen LogP contribution is 2.49. The van der Waals surface area contributed by atoms with Crippen LogP contribution in [0.5, 0.6) is 0 Å². The Bertz CT molecular complexity index is 180. The van der Waals surface area contributed by atoms with Gasteiger partial charge in [-0.25, -0.2) is 10.5 Å². The average Bonchev–Trinajstić information content (AvgIpc) is 2.19. The van der Waals surface area contributed by atoms with E-state index in [1.54, 1.807) is 18.7 Å². The Kier molecular flexibility index (Phi) is 9.84. The monoisotopic (exact) mass is 259 g/mol. The standard InChI is InChI=1S/C7H18NO5PS/c1-3-11-14(9,12-5-4-10-8)13-6-7-15-2/h3-8H2,1-2H3. The van der Waals surface area contributed by atoms with Crippen molar-refractivity contribution in [2.24, 2.45) is 5.90 Å². The third-order valence-electron chi connectivity index (χ3n) is 1.27. The lowest BCUT2D eigenvalue weighted by molar-refractivity contribution is 0.0684. The number of phosphoric acid groups is 1. The molecular formula is C7H18NO5PS. The molecule has 0 aliphatic rings. The van der Waals surface area contributed by atoms with Crippen molar-refractivity contribution in [3.8, 4) is 0 Å². The summed E-state index contributed by atoms with van der Waals surface area (Å²) in [7, 11) is -3.43. The van der Waals surface area contributed by atoms with Crippen molar-refractivity contribution in [2.45, 2.75) is 6.92 Å². The lowest BCUT2D eigenvalue weighted by atomic mass is 10.8. The first-order valence-electron chi connectivity index (χ1n) is 4.52. The van der Waals surface area contributed by atoms with Crippen molar-refractivity contribution in [1.82, 2.24) is 0 Å². The highest BCUT2D eigenvalue weighted by Gasteiger charge is 2.25. The van der Waals surface area contributed by atoms with Crippen molar-refractivity contribution >= 4 is 19.6 Å². The van der Waals surface area contributed by atoms with Gasteiger partial charge in [0, 0.05) is 5.75 Å². The largest absolute Gasteiger partial charge is 0.474 e. The summed E-state index contributed by atoms with van der Waals surface area (Å²) in [6.45, 7) is 2.52. The summed E-state index contributed by atoms with van der Waals surface area (Å²) < 4.78 is 26.7. The Morgan fingerprint density at radius 2 is 1.87 bits per heavy atom. The number of rotatable bonds is 10.